The molecule has 1 aliphatic rings. The van der Waals surface area contributed by atoms with Gasteiger partial charge in [-0.05, 0) is 55.5 Å². The molecule has 5 nitrogen and oxygen atoms in total. The summed E-state index contributed by atoms with van der Waals surface area (Å²) in [6.45, 7) is 4.95. The Morgan fingerprint density at radius 1 is 0.963 bits per heavy atom. The molecule has 27 heavy (non-hydrogen) atoms. The monoisotopic (exact) mass is 387 g/mol. The van der Waals surface area contributed by atoms with Crippen LogP contribution in [0.1, 0.15) is 36.0 Å². The van der Waals surface area contributed by atoms with Crippen molar-refractivity contribution < 1.29 is 17.9 Å². The summed E-state index contributed by atoms with van der Waals surface area (Å²) in [7, 11) is -3.45. The highest BCUT2D eigenvalue weighted by Gasteiger charge is 2.25. The summed E-state index contributed by atoms with van der Waals surface area (Å²) in [5, 5.41) is 0. The van der Waals surface area contributed by atoms with Crippen LogP contribution in [0.15, 0.2) is 47.4 Å². The summed E-state index contributed by atoms with van der Waals surface area (Å²) < 4.78 is 32.4. The third-order valence-corrected chi connectivity index (χ3v) is 6.76. The van der Waals surface area contributed by atoms with Crippen LogP contribution in [0.5, 0.6) is 5.75 Å². The third kappa shape index (κ3) is 4.57. The van der Waals surface area contributed by atoms with E-state index >= 15 is 0 Å². The molecule has 0 amide bonds. The molecule has 0 bridgehead atoms. The molecule has 2 aromatic rings. The minimum atomic E-state index is -3.45. The Kier molecular flexibility index (Phi) is 5.97. The number of hydrogen-bond donors (Lipinski definition) is 0. The fraction of sp³-hybridized carbons (Fsp3) is 0.381. The number of para-hydroxylation sites is 1. The van der Waals surface area contributed by atoms with E-state index in [9.17, 15) is 13.2 Å². The van der Waals surface area contributed by atoms with E-state index < -0.39 is 10.0 Å². The highest BCUT2D eigenvalue weighted by atomic mass is 32.2. The summed E-state index contributed by atoms with van der Waals surface area (Å²) in [5.74, 6) is 0.228. The lowest BCUT2D eigenvalue weighted by Gasteiger charge is -2.25. The Hall–Kier alpha value is -2.18. The Morgan fingerprint density at radius 2 is 1.56 bits per heavy atom. The molecule has 0 aliphatic carbocycles. The maximum absolute atomic E-state index is 12.7. The van der Waals surface area contributed by atoms with Gasteiger partial charge in [0.2, 0.25) is 10.0 Å². The molecule has 1 heterocycles. The first-order valence-corrected chi connectivity index (χ1v) is 10.7. The number of piperidine rings is 1. The third-order valence-electron chi connectivity index (χ3n) is 4.85. The van der Waals surface area contributed by atoms with E-state index in [-0.39, 0.29) is 17.3 Å². The number of ether oxygens (including phenoxy) is 1. The standard InChI is InChI=1S/C21H25NO4S/c1-16-7-6-8-17(2)21(16)26-20(23)15-18-9-11-19(12-10-18)27(24,25)22-13-4-3-5-14-22/h6-12H,3-5,13-15H2,1-2H3. The topological polar surface area (TPSA) is 63.7 Å². The Balaban J connectivity index is 1.68. The predicted octanol–water partition coefficient (Wildman–Crippen LogP) is 3.63. The van der Waals surface area contributed by atoms with Crippen LogP contribution in [0, 0.1) is 13.8 Å². The molecule has 6 heteroatoms. The lowest BCUT2D eigenvalue weighted by Crippen LogP contribution is -2.35. The van der Waals surface area contributed by atoms with E-state index in [2.05, 4.69) is 0 Å². The fourth-order valence-corrected chi connectivity index (χ4v) is 4.83. The zero-order chi connectivity index (χ0) is 19.4. The van der Waals surface area contributed by atoms with E-state index in [4.69, 9.17) is 4.74 Å². The van der Waals surface area contributed by atoms with Crippen molar-refractivity contribution in [2.24, 2.45) is 0 Å². The van der Waals surface area contributed by atoms with Crippen molar-refractivity contribution in [3.8, 4) is 5.75 Å². The summed E-state index contributed by atoms with van der Waals surface area (Å²) >= 11 is 0. The first-order valence-electron chi connectivity index (χ1n) is 9.24. The van der Waals surface area contributed by atoms with Gasteiger partial charge in [-0.3, -0.25) is 4.79 Å². The molecule has 1 aliphatic heterocycles. The number of nitrogens with zero attached hydrogens (tertiary/aromatic N) is 1. The fourth-order valence-electron chi connectivity index (χ4n) is 3.31. The van der Waals surface area contributed by atoms with Gasteiger partial charge in [0, 0.05) is 13.1 Å². The van der Waals surface area contributed by atoms with Crippen LogP contribution >= 0.6 is 0 Å². The van der Waals surface area contributed by atoms with Gasteiger partial charge in [-0.15, -0.1) is 0 Å². The van der Waals surface area contributed by atoms with Crippen LogP contribution in [0.4, 0.5) is 0 Å². The molecule has 0 N–H and O–H groups in total. The van der Waals surface area contributed by atoms with E-state index in [1.165, 1.54) is 0 Å². The molecule has 1 saturated heterocycles. The highest BCUT2D eigenvalue weighted by Crippen LogP contribution is 2.24. The Morgan fingerprint density at radius 3 is 2.15 bits per heavy atom. The van der Waals surface area contributed by atoms with Gasteiger partial charge in [0.25, 0.3) is 0 Å². The number of aryl methyl sites for hydroxylation is 2. The molecule has 3 rings (SSSR count). The summed E-state index contributed by atoms with van der Waals surface area (Å²) in [5.41, 5.74) is 2.54. The second-order valence-corrected chi connectivity index (χ2v) is 8.92. The molecule has 2 aromatic carbocycles. The van der Waals surface area contributed by atoms with E-state index in [1.54, 1.807) is 28.6 Å². The average molecular weight is 388 g/mol. The lowest BCUT2D eigenvalue weighted by atomic mass is 10.1. The van der Waals surface area contributed by atoms with Gasteiger partial charge < -0.3 is 4.74 Å². The zero-order valence-corrected chi connectivity index (χ0v) is 16.6. The number of carbonyl (C=O) groups is 1. The van der Waals surface area contributed by atoms with Gasteiger partial charge in [-0.2, -0.15) is 4.31 Å². The van der Waals surface area contributed by atoms with Crippen LogP contribution in [0.3, 0.4) is 0 Å². The molecule has 0 saturated carbocycles. The van der Waals surface area contributed by atoms with Crippen molar-refractivity contribution >= 4 is 16.0 Å². The first-order chi connectivity index (χ1) is 12.9. The summed E-state index contributed by atoms with van der Waals surface area (Å²) in [6, 6.07) is 12.2. The van der Waals surface area contributed by atoms with Crippen LogP contribution in [0.25, 0.3) is 0 Å². The minimum absolute atomic E-state index is 0.0951. The molecular weight excluding hydrogens is 362 g/mol. The molecule has 1 fully saturated rings. The number of benzene rings is 2. The second-order valence-electron chi connectivity index (χ2n) is 6.98. The van der Waals surface area contributed by atoms with Crippen LogP contribution < -0.4 is 4.74 Å². The van der Waals surface area contributed by atoms with E-state index in [0.717, 1.165) is 36.0 Å². The predicted molar refractivity (Wildman–Crippen MR) is 104 cm³/mol. The summed E-state index contributed by atoms with van der Waals surface area (Å²) in [4.78, 5) is 12.5. The van der Waals surface area contributed by atoms with Gasteiger partial charge in [0.05, 0.1) is 11.3 Å². The van der Waals surface area contributed by atoms with E-state index in [1.807, 2.05) is 32.0 Å². The normalized spacial score (nSPS) is 15.5. The van der Waals surface area contributed by atoms with Crippen molar-refractivity contribution in [3.05, 3.63) is 59.2 Å². The molecule has 144 valence electrons. The number of rotatable bonds is 5. The average Bonchev–Trinajstić information content (AvgIpc) is 2.66. The minimum Gasteiger partial charge on any atom is -0.426 e. The highest BCUT2D eigenvalue weighted by molar-refractivity contribution is 7.89. The van der Waals surface area contributed by atoms with Crippen molar-refractivity contribution in [3.63, 3.8) is 0 Å². The number of sulfonamides is 1. The molecule has 0 radical (unpaired) electrons. The van der Waals surface area contributed by atoms with Gasteiger partial charge in [0.15, 0.2) is 0 Å². The maximum atomic E-state index is 12.7. The van der Waals surface area contributed by atoms with Crippen molar-refractivity contribution in [1.82, 2.24) is 4.31 Å². The molecule has 0 unspecified atom stereocenters. The van der Waals surface area contributed by atoms with Crippen LogP contribution in [-0.4, -0.2) is 31.8 Å². The molecule has 0 spiro atoms. The van der Waals surface area contributed by atoms with E-state index in [0.29, 0.717) is 18.8 Å². The smallest absolute Gasteiger partial charge is 0.315 e. The van der Waals surface area contributed by atoms with Crippen LogP contribution in [0.2, 0.25) is 0 Å². The second kappa shape index (κ2) is 8.23. The number of esters is 1. The lowest BCUT2D eigenvalue weighted by molar-refractivity contribution is -0.133. The van der Waals surface area contributed by atoms with Crippen molar-refractivity contribution in [2.75, 3.05) is 13.1 Å². The largest absolute Gasteiger partial charge is 0.426 e. The molecule has 0 aromatic heterocycles. The van der Waals surface area contributed by atoms with Gasteiger partial charge in [-0.25, -0.2) is 8.42 Å². The van der Waals surface area contributed by atoms with Crippen LogP contribution in [-0.2, 0) is 21.2 Å². The molecular formula is C21H25NO4S. The first kappa shape index (κ1) is 19.6. The Labute approximate surface area is 161 Å². The van der Waals surface area contributed by atoms with Crippen molar-refractivity contribution in [2.45, 2.75) is 44.4 Å². The van der Waals surface area contributed by atoms with Gasteiger partial charge >= 0.3 is 5.97 Å². The quantitative estimate of drug-likeness (QED) is 0.581. The number of hydrogen-bond acceptors (Lipinski definition) is 4. The van der Waals surface area contributed by atoms with Crippen molar-refractivity contribution in [1.29, 1.82) is 0 Å². The molecule has 0 atom stereocenters. The maximum Gasteiger partial charge on any atom is 0.315 e. The SMILES string of the molecule is Cc1cccc(C)c1OC(=O)Cc1ccc(S(=O)(=O)N2CCCCC2)cc1. The van der Waals surface area contributed by atoms with Gasteiger partial charge in [0.1, 0.15) is 5.75 Å². The summed E-state index contributed by atoms with van der Waals surface area (Å²) in [6.07, 6.45) is 2.98. The number of carbonyl (C=O) groups excluding carboxylic acids is 1. The zero-order valence-electron chi connectivity index (χ0n) is 15.8. The Bertz CT molecular complexity index is 893. The van der Waals surface area contributed by atoms with Gasteiger partial charge in [-0.1, -0.05) is 36.8 Å².